The number of hydrogen-bond acceptors (Lipinski definition) is 2. The number of nitrogens with zero attached hydrogens (tertiary/aromatic N) is 2. The molecule has 0 spiro atoms. The Kier molecular flexibility index (Phi) is 5.29. The van der Waals surface area contributed by atoms with Crippen LogP contribution in [0.15, 0.2) is 68.4 Å². The maximum absolute atomic E-state index is 5.78. The lowest BCUT2D eigenvalue weighted by Crippen LogP contribution is -2.31. The Hall–Kier alpha value is -3.66. The second kappa shape index (κ2) is 9.56. The van der Waals surface area contributed by atoms with Gasteiger partial charge >= 0.3 is 0 Å². The predicted octanol–water partition coefficient (Wildman–Crippen LogP) is 8.35. The first-order chi connectivity index (χ1) is 24.2. The van der Waals surface area contributed by atoms with E-state index in [1.807, 2.05) is 0 Å². The standard InChI is InChI=1S/C45H46N4/c1-2-22-16-29(3-1)39-30(17-22)31-18-33-40-23-4-6-25(7-5-23)42(40)35(47-33)20-37-44-27-12-14-28(15-13-27)45(44)38(49-37)21-36-43-26-10-8-24(9-11-26)41(43)34(48-36)19-32(39)46-31/h1,3,12,14,18-20,22-29,36,47,49H,2,4-11,13,15-17,21H2/b32-19-,33-18?,35-20?. The zero-order valence-corrected chi connectivity index (χ0v) is 28.5. The smallest absolute Gasteiger partial charge is 0.0780 e. The second-order valence-corrected chi connectivity index (χ2v) is 17.8. The number of H-pyrrole nitrogens is 2. The molecule has 2 saturated carbocycles. The van der Waals surface area contributed by atoms with Crippen molar-refractivity contribution in [2.24, 2.45) is 33.7 Å². The number of aliphatic imine (C=N–C) groups is 2. The van der Waals surface area contributed by atoms with Crippen LogP contribution in [0.2, 0.25) is 0 Å². The van der Waals surface area contributed by atoms with Crippen LogP contribution in [-0.4, -0.2) is 27.4 Å². The van der Waals surface area contributed by atoms with Crippen LogP contribution in [0.5, 0.6) is 0 Å². The number of aromatic amines is 2. The number of nitrogens with one attached hydrogen (secondary N) is 2. The average molecular weight is 643 g/mol. The van der Waals surface area contributed by atoms with E-state index in [1.54, 1.807) is 33.4 Å². The SMILES string of the molecule is C1=CC2CC(C1)CC1=C2/C2=C/C3=NC(Cc4[nH]c(c5c4C4C=CC5CC4)C=c4[nH]c(c5c4C4CCC5CC4)=CC1=N2)C1=C3C2CCC1CC2. The molecule has 5 unspecified atom stereocenters. The van der Waals surface area contributed by atoms with Crippen molar-refractivity contribution >= 4 is 23.6 Å². The van der Waals surface area contributed by atoms with Gasteiger partial charge in [0.05, 0.1) is 23.2 Å². The van der Waals surface area contributed by atoms with Gasteiger partial charge in [-0.1, -0.05) is 24.3 Å². The van der Waals surface area contributed by atoms with Crippen molar-refractivity contribution < 1.29 is 0 Å². The minimum absolute atomic E-state index is 0.263. The number of rotatable bonds is 0. The molecule has 0 amide bonds. The Morgan fingerprint density at radius 3 is 2.12 bits per heavy atom. The Morgan fingerprint density at radius 1 is 0.592 bits per heavy atom. The van der Waals surface area contributed by atoms with Crippen LogP contribution < -0.4 is 10.7 Å². The van der Waals surface area contributed by atoms with E-state index in [0.29, 0.717) is 41.4 Å². The summed E-state index contributed by atoms with van der Waals surface area (Å²) in [6.07, 6.45) is 35.7. The first kappa shape index (κ1) is 27.1. The topological polar surface area (TPSA) is 56.3 Å². The molecule has 14 aliphatic rings. The fraction of sp³-hybridized carbons (Fsp3) is 0.511. The molecule has 2 aromatic heterocycles. The third-order valence-electron chi connectivity index (χ3n) is 15.5. The molecule has 3 aliphatic heterocycles. The summed E-state index contributed by atoms with van der Waals surface area (Å²) in [5.74, 6) is 5.06. The van der Waals surface area contributed by atoms with Crippen molar-refractivity contribution in [3.63, 3.8) is 0 Å². The van der Waals surface area contributed by atoms with E-state index in [9.17, 15) is 0 Å². The van der Waals surface area contributed by atoms with Gasteiger partial charge in [-0.05, 0) is 176 Å². The lowest BCUT2D eigenvalue weighted by Gasteiger charge is -2.39. The van der Waals surface area contributed by atoms with E-state index in [2.05, 4.69) is 52.5 Å². The maximum Gasteiger partial charge on any atom is 0.0780 e. The molecule has 2 N–H and O–H groups in total. The molecule has 5 atom stereocenters. The lowest BCUT2D eigenvalue weighted by atomic mass is 9.64. The normalized spacial score (nSPS) is 39.1. The van der Waals surface area contributed by atoms with Crippen LogP contribution in [0.1, 0.15) is 141 Å². The lowest BCUT2D eigenvalue weighted by molar-refractivity contribution is 0.295. The van der Waals surface area contributed by atoms with Crippen molar-refractivity contribution in [2.75, 3.05) is 0 Å². The summed E-state index contributed by atoms with van der Waals surface area (Å²) in [5.41, 5.74) is 19.6. The zero-order chi connectivity index (χ0) is 31.5. The number of fused-ring (bicyclic) bond motifs is 16. The Labute approximate surface area is 288 Å². The largest absolute Gasteiger partial charge is 0.358 e. The van der Waals surface area contributed by atoms with Crippen molar-refractivity contribution in [2.45, 2.75) is 120 Å². The van der Waals surface area contributed by atoms with Gasteiger partial charge in [-0.3, -0.25) is 4.99 Å². The van der Waals surface area contributed by atoms with Crippen LogP contribution in [0.25, 0.3) is 12.2 Å². The summed E-state index contributed by atoms with van der Waals surface area (Å²) in [4.78, 5) is 19.7. The first-order valence-electron chi connectivity index (χ1n) is 20.1. The minimum Gasteiger partial charge on any atom is -0.358 e. The second-order valence-electron chi connectivity index (χ2n) is 17.8. The van der Waals surface area contributed by atoms with E-state index in [0.717, 1.165) is 18.8 Å². The predicted molar refractivity (Wildman–Crippen MR) is 197 cm³/mol. The zero-order valence-electron chi connectivity index (χ0n) is 28.5. The number of allylic oxidation sites excluding steroid dienone is 8. The van der Waals surface area contributed by atoms with Crippen molar-refractivity contribution in [1.29, 1.82) is 0 Å². The van der Waals surface area contributed by atoms with E-state index >= 15 is 0 Å². The van der Waals surface area contributed by atoms with Crippen molar-refractivity contribution in [3.05, 3.63) is 103 Å². The Balaban J connectivity index is 1.10. The van der Waals surface area contributed by atoms with Crippen LogP contribution in [0.4, 0.5) is 0 Å². The molecule has 16 bridgehead atoms. The number of hydrogen-bond donors (Lipinski definition) is 2. The maximum atomic E-state index is 5.78. The van der Waals surface area contributed by atoms with Crippen LogP contribution >= 0.6 is 0 Å². The van der Waals surface area contributed by atoms with Crippen LogP contribution in [-0.2, 0) is 6.42 Å². The van der Waals surface area contributed by atoms with Gasteiger partial charge in [0.15, 0.2) is 0 Å². The van der Waals surface area contributed by atoms with Gasteiger partial charge < -0.3 is 9.97 Å². The molecule has 2 aromatic rings. The fourth-order valence-corrected chi connectivity index (χ4v) is 13.5. The highest BCUT2D eigenvalue weighted by atomic mass is 14.9. The molecule has 11 aliphatic carbocycles. The molecule has 16 rings (SSSR count). The molecule has 2 fully saturated rings. The van der Waals surface area contributed by atoms with E-state index in [1.165, 1.54) is 127 Å². The Morgan fingerprint density at radius 2 is 1.33 bits per heavy atom. The van der Waals surface area contributed by atoms with Crippen molar-refractivity contribution in [1.82, 2.24) is 9.97 Å². The van der Waals surface area contributed by atoms with E-state index in [-0.39, 0.29) is 6.04 Å². The third kappa shape index (κ3) is 3.61. The van der Waals surface area contributed by atoms with Gasteiger partial charge in [0.25, 0.3) is 0 Å². The van der Waals surface area contributed by atoms with Crippen molar-refractivity contribution in [3.8, 4) is 0 Å². The van der Waals surface area contributed by atoms with Crippen LogP contribution in [0.3, 0.4) is 0 Å². The van der Waals surface area contributed by atoms with Gasteiger partial charge in [-0.15, -0.1) is 0 Å². The van der Waals surface area contributed by atoms with Gasteiger partial charge in [0, 0.05) is 46.3 Å². The van der Waals surface area contributed by atoms with E-state index < -0.39 is 0 Å². The summed E-state index contributed by atoms with van der Waals surface area (Å²) in [6, 6.07) is 0.263. The third-order valence-corrected chi connectivity index (χ3v) is 15.5. The highest BCUT2D eigenvalue weighted by Gasteiger charge is 2.45. The monoisotopic (exact) mass is 642 g/mol. The highest BCUT2D eigenvalue weighted by molar-refractivity contribution is 6.24. The summed E-state index contributed by atoms with van der Waals surface area (Å²) >= 11 is 0. The number of aromatic nitrogens is 2. The summed E-state index contributed by atoms with van der Waals surface area (Å²) < 4.78 is 0. The first-order valence-corrected chi connectivity index (χ1v) is 20.1. The summed E-state index contributed by atoms with van der Waals surface area (Å²) in [7, 11) is 0. The molecular weight excluding hydrogens is 597 g/mol. The molecular formula is C45H46N4. The summed E-state index contributed by atoms with van der Waals surface area (Å²) in [5, 5.41) is 2.74. The Bertz CT molecular complexity index is 2240. The molecule has 0 radical (unpaired) electrons. The molecule has 0 saturated heterocycles. The molecule has 0 aromatic carbocycles. The quantitative estimate of drug-likeness (QED) is 0.272. The summed E-state index contributed by atoms with van der Waals surface area (Å²) in [6.45, 7) is 0. The van der Waals surface area contributed by atoms with Gasteiger partial charge in [0.2, 0.25) is 0 Å². The van der Waals surface area contributed by atoms with Gasteiger partial charge in [0.1, 0.15) is 0 Å². The molecule has 49 heavy (non-hydrogen) atoms. The van der Waals surface area contributed by atoms with E-state index in [4.69, 9.17) is 9.98 Å². The van der Waals surface area contributed by atoms with Crippen LogP contribution in [0, 0.1) is 23.7 Å². The minimum atomic E-state index is 0.263. The highest BCUT2D eigenvalue weighted by Crippen LogP contribution is 2.54. The molecule has 4 nitrogen and oxygen atoms in total. The molecule has 5 heterocycles. The molecule has 4 heteroatoms. The fourth-order valence-electron chi connectivity index (χ4n) is 13.5. The molecule has 246 valence electrons. The van der Waals surface area contributed by atoms with Gasteiger partial charge in [-0.2, -0.15) is 0 Å². The van der Waals surface area contributed by atoms with Gasteiger partial charge in [-0.25, -0.2) is 4.99 Å². The average Bonchev–Trinajstić information content (AvgIpc) is 3.91.